The summed E-state index contributed by atoms with van der Waals surface area (Å²) in [5.41, 5.74) is 8.09. The van der Waals surface area contributed by atoms with Gasteiger partial charge in [-0.2, -0.15) is 0 Å². The molecule has 0 bridgehead atoms. The van der Waals surface area contributed by atoms with Crippen LogP contribution in [-0.2, 0) is 6.54 Å². The van der Waals surface area contributed by atoms with E-state index in [-0.39, 0.29) is 6.04 Å². The molecule has 20 heavy (non-hydrogen) atoms. The molecule has 0 aliphatic carbocycles. The summed E-state index contributed by atoms with van der Waals surface area (Å²) in [5.74, 6) is 1.43. The van der Waals surface area contributed by atoms with Crippen LogP contribution in [0.2, 0.25) is 0 Å². The maximum Gasteiger partial charge on any atom is 0.127 e. The minimum absolute atomic E-state index is 0.336. The Kier molecular flexibility index (Phi) is 4.57. The average Bonchev–Trinajstić information content (AvgIpc) is 2.94. The molecule has 1 aromatic carbocycles. The van der Waals surface area contributed by atoms with Gasteiger partial charge in [-0.25, -0.2) is 4.68 Å². The van der Waals surface area contributed by atoms with Crippen molar-refractivity contribution in [1.29, 1.82) is 0 Å². The van der Waals surface area contributed by atoms with E-state index in [1.807, 2.05) is 22.9 Å². The second-order valence-corrected chi connectivity index (χ2v) is 4.47. The van der Waals surface area contributed by atoms with Crippen LogP contribution in [0.15, 0.2) is 24.4 Å². The molecule has 0 fully saturated rings. The van der Waals surface area contributed by atoms with Gasteiger partial charge in [0, 0.05) is 18.2 Å². The van der Waals surface area contributed by atoms with Gasteiger partial charge >= 0.3 is 0 Å². The van der Waals surface area contributed by atoms with Crippen LogP contribution in [0.25, 0.3) is 0 Å². The van der Waals surface area contributed by atoms with Crippen molar-refractivity contribution in [2.24, 2.45) is 5.73 Å². The first-order valence-electron chi connectivity index (χ1n) is 6.57. The number of aryl methyl sites for hydroxylation is 1. The standard InChI is InChI=1S/C14H20N4O2/c1-4-7-18-12(9-16-17-18)14(15)11-6-5-10(19-2)8-13(11)20-3/h5-6,8-9,14H,4,7,15H2,1-3H3. The van der Waals surface area contributed by atoms with Crippen molar-refractivity contribution in [1.82, 2.24) is 15.0 Å². The van der Waals surface area contributed by atoms with E-state index in [4.69, 9.17) is 15.2 Å². The summed E-state index contributed by atoms with van der Waals surface area (Å²) >= 11 is 0. The quantitative estimate of drug-likeness (QED) is 0.870. The second kappa shape index (κ2) is 6.38. The lowest BCUT2D eigenvalue weighted by Gasteiger charge is -2.17. The molecule has 108 valence electrons. The number of ether oxygens (including phenoxy) is 2. The molecule has 0 spiro atoms. The maximum atomic E-state index is 6.34. The van der Waals surface area contributed by atoms with E-state index in [1.165, 1.54) is 0 Å². The summed E-state index contributed by atoms with van der Waals surface area (Å²) in [6.45, 7) is 2.88. The van der Waals surface area contributed by atoms with Gasteiger partial charge in [-0.15, -0.1) is 5.10 Å². The number of aromatic nitrogens is 3. The Labute approximate surface area is 118 Å². The van der Waals surface area contributed by atoms with Gasteiger partial charge in [-0.05, 0) is 18.6 Å². The van der Waals surface area contributed by atoms with E-state index >= 15 is 0 Å². The maximum absolute atomic E-state index is 6.34. The van der Waals surface area contributed by atoms with Gasteiger partial charge in [-0.1, -0.05) is 12.1 Å². The molecule has 0 saturated heterocycles. The molecule has 2 aromatic rings. The lowest BCUT2D eigenvalue weighted by molar-refractivity contribution is 0.389. The third kappa shape index (κ3) is 2.75. The number of methoxy groups -OCH3 is 2. The predicted molar refractivity (Wildman–Crippen MR) is 75.9 cm³/mol. The first-order chi connectivity index (χ1) is 9.71. The molecule has 0 aliphatic rings. The van der Waals surface area contributed by atoms with Crippen LogP contribution >= 0.6 is 0 Å². The van der Waals surface area contributed by atoms with Gasteiger partial charge in [-0.3, -0.25) is 0 Å². The number of nitrogens with zero attached hydrogens (tertiary/aromatic N) is 3. The van der Waals surface area contributed by atoms with Crippen LogP contribution < -0.4 is 15.2 Å². The normalized spacial score (nSPS) is 12.2. The first kappa shape index (κ1) is 14.3. The molecular weight excluding hydrogens is 256 g/mol. The zero-order chi connectivity index (χ0) is 14.5. The van der Waals surface area contributed by atoms with Crippen LogP contribution in [0, 0.1) is 0 Å². The van der Waals surface area contributed by atoms with Crippen molar-refractivity contribution in [2.75, 3.05) is 14.2 Å². The van der Waals surface area contributed by atoms with Gasteiger partial charge in [0.2, 0.25) is 0 Å². The lowest BCUT2D eigenvalue weighted by Crippen LogP contribution is -2.18. The van der Waals surface area contributed by atoms with E-state index in [1.54, 1.807) is 20.4 Å². The highest BCUT2D eigenvalue weighted by molar-refractivity contribution is 5.44. The smallest absolute Gasteiger partial charge is 0.127 e. The molecule has 1 aromatic heterocycles. The summed E-state index contributed by atoms with van der Waals surface area (Å²) in [6, 6.07) is 5.26. The number of hydrogen-bond acceptors (Lipinski definition) is 5. The third-order valence-corrected chi connectivity index (χ3v) is 3.18. The van der Waals surface area contributed by atoms with Crippen molar-refractivity contribution >= 4 is 0 Å². The zero-order valence-corrected chi connectivity index (χ0v) is 12.0. The number of benzene rings is 1. The molecule has 0 amide bonds. The highest BCUT2D eigenvalue weighted by Gasteiger charge is 2.19. The highest BCUT2D eigenvalue weighted by Crippen LogP contribution is 2.31. The molecule has 1 unspecified atom stereocenters. The van der Waals surface area contributed by atoms with Crippen molar-refractivity contribution in [3.8, 4) is 11.5 Å². The van der Waals surface area contributed by atoms with Crippen molar-refractivity contribution in [3.63, 3.8) is 0 Å². The van der Waals surface area contributed by atoms with Crippen molar-refractivity contribution < 1.29 is 9.47 Å². The minimum Gasteiger partial charge on any atom is -0.497 e. The van der Waals surface area contributed by atoms with Gasteiger partial charge < -0.3 is 15.2 Å². The fourth-order valence-electron chi connectivity index (χ4n) is 2.13. The Morgan fingerprint density at radius 3 is 2.75 bits per heavy atom. The Morgan fingerprint density at radius 2 is 2.10 bits per heavy atom. The van der Waals surface area contributed by atoms with E-state index in [0.717, 1.165) is 30.0 Å². The van der Waals surface area contributed by atoms with E-state index in [0.29, 0.717) is 5.75 Å². The van der Waals surface area contributed by atoms with Crippen LogP contribution in [0.5, 0.6) is 11.5 Å². The van der Waals surface area contributed by atoms with Crippen LogP contribution in [0.3, 0.4) is 0 Å². The van der Waals surface area contributed by atoms with Crippen LogP contribution in [0.4, 0.5) is 0 Å². The van der Waals surface area contributed by atoms with E-state index in [2.05, 4.69) is 17.2 Å². The minimum atomic E-state index is -0.336. The summed E-state index contributed by atoms with van der Waals surface area (Å²) in [7, 11) is 3.24. The fourth-order valence-corrected chi connectivity index (χ4v) is 2.13. The molecular formula is C14H20N4O2. The molecule has 2 rings (SSSR count). The average molecular weight is 276 g/mol. The lowest BCUT2D eigenvalue weighted by atomic mass is 10.0. The summed E-state index contributed by atoms with van der Waals surface area (Å²) in [4.78, 5) is 0. The van der Waals surface area contributed by atoms with Gasteiger partial charge in [0.05, 0.1) is 32.2 Å². The largest absolute Gasteiger partial charge is 0.497 e. The summed E-state index contributed by atoms with van der Waals surface area (Å²) < 4.78 is 12.4. The van der Waals surface area contributed by atoms with Gasteiger partial charge in [0.25, 0.3) is 0 Å². The van der Waals surface area contributed by atoms with E-state index in [9.17, 15) is 0 Å². The molecule has 6 nitrogen and oxygen atoms in total. The number of rotatable bonds is 6. The van der Waals surface area contributed by atoms with Crippen LogP contribution in [0.1, 0.15) is 30.6 Å². The number of hydrogen-bond donors (Lipinski definition) is 1. The fraction of sp³-hybridized carbons (Fsp3) is 0.429. The highest BCUT2D eigenvalue weighted by atomic mass is 16.5. The summed E-state index contributed by atoms with van der Waals surface area (Å²) in [5, 5.41) is 8.01. The molecule has 1 atom stereocenters. The predicted octanol–water partition coefficient (Wildman–Crippen LogP) is 1.75. The molecule has 0 radical (unpaired) electrons. The first-order valence-corrected chi connectivity index (χ1v) is 6.57. The topological polar surface area (TPSA) is 75.2 Å². The summed E-state index contributed by atoms with van der Waals surface area (Å²) in [6.07, 6.45) is 2.67. The second-order valence-electron chi connectivity index (χ2n) is 4.47. The third-order valence-electron chi connectivity index (χ3n) is 3.18. The Balaban J connectivity index is 2.37. The van der Waals surface area contributed by atoms with E-state index < -0.39 is 0 Å². The molecule has 1 heterocycles. The monoisotopic (exact) mass is 276 g/mol. The van der Waals surface area contributed by atoms with Crippen molar-refractivity contribution in [3.05, 3.63) is 35.7 Å². The number of nitrogens with two attached hydrogens (primary N) is 1. The van der Waals surface area contributed by atoms with Crippen LogP contribution in [-0.4, -0.2) is 29.2 Å². The Bertz CT molecular complexity index is 568. The molecule has 0 aliphatic heterocycles. The van der Waals surface area contributed by atoms with Crippen molar-refractivity contribution in [2.45, 2.75) is 25.9 Å². The molecule has 2 N–H and O–H groups in total. The van der Waals surface area contributed by atoms with Gasteiger partial charge in [0.15, 0.2) is 0 Å². The molecule has 0 saturated carbocycles. The zero-order valence-electron chi connectivity index (χ0n) is 12.0. The Hall–Kier alpha value is -2.08. The SMILES string of the molecule is CCCn1nncc1C(N)c1ccc(OC)cc1OC. The molecule has 6 heteroatoms. The van der Waals surface area contributed by atoms with Gasteiger partial charge in [0.1, 0.15) is 11.5 Å². The Morgan fingerprint density at radius 1 is 1.30 bits per heavy atom.